The smallest absolute Gasteiger partial charge is 0.316 e. The van der Waals surface area contributed by atoms with Crippen LogP contribution in [0.5, 0.6) is 11.5 Å². The van der Waals surface area contributed by atoms with E-state index in [0.717, 1.165) is 11.4 Å². The molecule has 2 aromatic rings. The summed E-state index contributed by atoms with van der Waals surface area (Å²) in [6, 6.07) is 16.2. The molecule has 1 fully saturated rings. The number of esters is 1. The fourth-order valence-electron chi connectivity index (χ4n) is 2.69. The lowest BCUT2D eigenvalue weighted by atomic mass is 10.1. The molecule has 124 valence electrons. The number of benzene rings is 2. The molecule has 1 heterocycles. The molecule has 3 rings (SSSR count). The predicted molar refractivity (Wildman–Crippen MR) is 90.1 cm³/mol. The Hall–Kier alpha value is -2.82. The van der Waals surface area contributed by atoms with E-state index in [0.29, 0.717) is 18.9 Å². The lowest BCUT2D eigenvalue weighted by Gasteiger charge is -2.17. The van der Waals surface area contributed by atoms with Crippen LogP contribution in [-0.4, -0.2) is 25.0 Å². The third kappa shape index (κ3) is 3.56. The van der Waals surface area contributed by atoms with Crippen molar-refractivity contribution in [2.45, 2.75) is 13.3 Å². The molecular weight excluding hydrogens is 306 g/mol. The summed E-state index contributed by atoms with van der Waals surface area (Å²) in [6.45, 7) is 2.84. The SMILES string of the molecule is CCOc1ccc(N2C[C@@H](C(=O)Oc3ccccc3)CC2=O)cc1. The number of hydrogen-bond acceptors (Lipinski definition) is 4. The number of ether oxygens (including phenoxy) is 2. The summed E-state index contributed by atoms with van der Waals surface area (Å²) in [5.74, 6) is 0.351. The van der Waals surface area contributed by atoms with E-state index in [1.807, 2.05) is 37.3 Å². The molecule has 0 saturated carbocycles. The Bertz CT molecular complexity index is 712. The van der Waals surface area contributed by atoms with Crippen molar-refractivity contribution in [2.24, 2.45) is 5.92 Å². The Morgan fingerprint density at radius 3 is 2.46 bits per heavy atom. The second-order valence-electron chi connectivity index (χ2n) is 5.57. The van der Waals surface area contributed by atoms with E-state index in [1.54, 1.807) is 29.2 Å². The van der Waals surface area contributed by atoms with Crippen molar-refractivity contribution in [1.29, 1.82) is 0 Å². The molecular formula is C19H19NO4. The first-order valence-corrected chi connectivity index (χ1v) is 7.97. The number of amides is 1. The van der Waals surface area contributed by atoms with Gasteiger partial charge >= 0.3 is 5.97 Å². The van der Waals surface area contributed by atoms with E-state index in [1.165, 1.54) is 0 Å². The Balaban J connectivity index is 1.65. The Morgan fingerprint density at radius 1 is 1.08 bits per heavy atom. The molecule has 0 bridgehead atoms. The van der Waals surface area contributed by atoms with Crippen LogP contribution in [0.1, 0.15) is 13.3 Å². The van der Waals surface area contributed by atoms with Crippen molar-refractivity contribution >= 4 is 17.6 Å². The average Bonchev–Trinajstić information content (AvgIpc) is 2.99. The van der Waals surface area contributed by atoms with Crippen molar-refractivity contribution in [3.8, 4) is 11.5 Å². The fourth-order valence-corrected chi connectivity index (χ4v) is 2.69. The molecule has 0 aromatic heterocycles. The van der Waals surface area contributed by atoms with E-state index < -0.39 is 5.92 Å². The molecule has 5 nitrogen and oxygen atoms in total. The molecule has 1 saturated heterocycles. The van der Waals surface area contributed by atoms with Crippen LogP contribution in [0.4, 0.5) is 5.69 Å². The minimum atomic E-state index is -0.454. The van der Waals surface area contributed by atoms with Crippen molar-refractivity contribution in [1.82, 2.24) is 0 Å². The zero-order valence-electron chi connectivity index (χ0n) is 13.5. The van der Waals surface area contributed by atoms with Crippen LogP contribution in [0, 0.1) is 5.92 Å². The number of carbonyl (C=O) groups is 2. The Kier molecular flexibility index (Phi) is 4.79. The van der Waals surface area contributed by atoms with Crippen LogP contribution >= 0.6 is 0 Å². The topological polar surface area (TPSA) is 55.8 Å². The number of nitrogens with zero attached hydrogens (tertiary/aromatic N) is 1. The van der Waals surface area contributed by atoms with Gasteiger partial charge in [-0.1, -0.05) is 18.2 Å². The van der Waals surface area contributed by atoms with Crippen LogP contribution in [0.2, 0.25) is 0 Å². The van der Waals surface area contributed by atoms with Gasteiger partial charge in [0, 0.05) is 18.7 Å². The maximum Gasteiger partial charge on any atom is 0.316 e. The van der Waals surface area contributed by atoms with Gasteiger partial charge in [-0.15, -0.1) is 0 Å². The van der Waals surface area contributed by atoms with Gasteiger partial charge < -0.3 is 14.4 Å². The third-order valence-electron chi connectivity index (χ3n) is 3.88. The lowest BCUT2D eigenvalue weighted by Crippen LogP contribution is -2.27. The molecule has 0 N–H and O–H groups in total. The maximum atomic E-state index is 12.3. The fraction of sp³-hybridized carbons (Fsp3) is 0.263. The molecule has 0 unspecified atom stereocenters. The minimum absolute atomic E-state index is 0.0748. The molecule has 24 heavy (non-hydrogen) atoms. The molecule has 0 aliphatic carbocycles. The Labute approximate surface area is 140 Å². The number of anilines is 1. The van der Waals surface area contributed by atoms with Crippen molar-refractivity contribution in [3.63, 3.8) is 0 Å². The number of carbonyl (C=O) groups excluding carboxylic acids is 2. The second kappa shape index (κ2) is 7.17. The van der Waals surface area contributed by atoms with Gasteiger partial charge in [0.1, 0.15) is 11.5 Å². The van der Waals surface area contributed by atoms with Crippen LogP contribution < -0.4 is 14.4 Å². The van der Waals surface area contributed by atoms with Gasteiger partial charge in [-0.2, -0.15) is 0 Å². The summed E-state index contributed by atoms with van der Waals surface area (Å²) in [5.41, 5.74) is 0.762. The van der Waals surface area contributed by atoms with E-state index in [4.69, 9.17) is 9.47 Å². The van der Waals surface area contributed by atoms with Gasteiger partial charge in [0.05, 0.1) is 12.5 Å². The second-order valence-corrected chi connectivity index (χ2v) is 5.57. The first kappa shape index (κ1) is 16.1. The van der Waals surface area contributed by atoms with Crippen LogP contribution in [-0.2, 0) is 9.59 Å². The summed E-state index contributed by atoms with van der Waals surface area (Å²) in [7, 11) is 0. The van der Waals surface area contributed by atoms with Crippen LogP contribution in [0.15, 0.2) is 54.6 Å². The summed E-state index contributed by atoms with van der Waals surface area (Å²) >= 11 is 0. The zero-order valence-corrected chi connectivity index (χ0v) is 13.5. The van der Waals surface area contributed by atoms with E-state index in [2.05, 4.69) is 0 Å². The van der Waals surface area contributed by atoms with Gasteiger partial charge in [-0.25, -0.2) is 0 Å². The highest BCUT2D eigenvalue weighted by atomic mass is 16.5. The zero-order chi connectivity index (χ0) is 16.9. The highest BCUT2D eigenvalue weighted by molar-refractivity contribution is 5.99. The standard InChI is InChI=1S/C19H19NO4/c1-2-23-16-10-8-15(9-11-16)20-13-14(12-18(20)21)19(22)24-17-6-4-3-5-7-17/h3-11,14H,2,12-13H2,1H3/t14-/m0/s1. The van der Waals surface area contributed by atoms with Gasteiger partial charge in [0.2, 0.25) is 5.91 Å². The first-order valence-electron chi connectivity index (χ1n) is 7.97. The molecule has 1 aliphatic heterocycles. The molecule has 0 radical (unpaired) electrons. The summed E-state index contributed by atoms with van der Waals surface area (Å²) in [4.78, 5) is 26.1. The van der Waals surface area contributed by atoms with E-state index in [9.17, 15) is 9.59 Å². The average molecular weight is 325 g/mol. The van der Waals surface area contributed by atoms with Crippen molar-refractivity contribution in [3.05, 3.63) is 54.6 Å². The first-order chi connectivity index (χ1) is 11.7. The van der Waals surface area contributed by atoms with Gasteiger partial charge in [0.25, 0.3) is 0 Å². The molecule has 1 amide bonds. The molecule has 1 aliphatic rings. The van der Waals surface area contributed by atoms with Crippen LogP contribution in [0.3, 0.4) is 0 Å². The molecule has 0 spiro atoms. The van der Waals surface area contributed by atoms with Crippen molar-refractivity contribution < 1.29 is 19.1 Å². The van der Waals surface area contributed by atoms with Crippen LogP contribution in [0.25, 0.3) is 0 Å². The minimum Gasteiger partial charge on any atom is -0.494 e. The van der Waals surface area contributed by atoms with Gasteiger partial charge in [-0.05, 0) is 43.3 Å². The number of rotatable bonds is 5. The van der Waals surface area contributed by atoms with E-state index >= 15 is 0 Å². The summed E-state index contributed by atoms with van der Waals surface area (Å²) in [5, 5.41) is 0. The molecule has 2 aromatic carbocycles. The summed E-state index contributed by atoms with van der Waals surface area (Å²) in [6.07, 6.45) is 0.166. The molecule has 5 heteroatoms. The maximum absolute atomic E-state index is 12.3. The third-order valence-corrected chi connectivity index (χ3v) is 3.88. The Morgan fingerprint density at radius 2 is 1.79 bits per heavy atom. The quantitative estimate of drug-likeness (QED) is 0.626. The van der Waals surface area contributed by atoms with E-state index in [-0.39, 0.29) is 18.3 Å². The van der Waals surface area contributed by atoms with Gasteiger partial charge in [0.15, 0.2) is 0 Å². The highest BCUT2D eigenvalue weighted by Crippen LogP contribution is 2.28. The number of para-hydroxylation sites is 1. The highest BCUT2D eigenvalue weighted by Gasteiger charge is 2.36. The predicted octanol–water partition coefficient (Wildman–Crippen LogP) is 3.04. The van der Waals surface area contributed by atoms with Gasteiger partial charge in [-0.3, -0.25) is 9.59 Å². The number of hydrogen-bond donors (Lipinski definition) is 0. The molecule has 1 atom stereocenters. The summed E-state index contributed by atoms with van der Waals surface area (Å²) < 4.78 is 10.7. The lowest BCUT2D eigenvalue weighted by molar-refractivity contribution is -0.139. The largest absolute Gasteiger partial charge is 0.494 e. The normalized spacial score (nSPS) is 17.0. The van der Waals surface area contributed by atoms with Crippen molar-refractivity contribution in [2.75, 3.05) is 18.1 Å². The monoisotopic (exact) mass is 325 g/mol.